The molecule has 3 nitrogen and oxygen atoms in total. The van der Waals surface area contributed by atoms with Crippen molar-refractivity contribution >= 4 is 39.2 Å². The lowest BCUT2D eigenvalue weighted by Crippen LogP contribution is -2.29. The summed E-state index contributed by atoms with van der Waals surface area (Å²) in [7, 11) is 0. The number of benzene rings is 2. The summed E-state index contributed by atoms with van der Waals surface area (Å²) in [6, 6.07) is 11.1. The second-order valence-corrected chi connectivity index (χ2v) is 6.18. The molecule has 0 atom stereocenters. The first kappa shape index (κ1) is 13.6. The fourth-order valence-electron chi connectivity index (χ4n) is 3.18. The number of piperidine rings is 1. The fraction of sp³-hybridized carbons (Fsp3) is 0.278. The van der Waals surface area contributed by atoms with E-state index < -0.39 is 0 Å². The molecule has 0 radical (unpaired) electrons. The van der Waals surface area contributed by atoms with E-state index in [1.807, 2.05) is 18.2 Å². The highest BCUT2D eigenvalue weighted by Crippen LogP contribution is 2.28. The van der Waals surface area contributed by atoms with E-state index in [9.17, 15) is 4.79 Å². The number of hydrogen-bond acceptors (Lipinski definition) is 3. The van der Waals surface area contributed by atoms with Crippen molar-refractivity contribution < 1.29 is 4.42 Å². The van der Waals surface area contributed by atoms with Crippen LogP contribution in [0.5, 0.6) is 0 Å². The Hall–Kier alpha value is -2.00. The molecule has 0 spiro atoms. The van der Waals surface area contributed by atoms with Crippen LogP contribution in [0.15, 0.2) is 45.6 Å². The Morgan fingerprint density at radius 2 is 1.82 bits per heavy atom. The normalized spacial score (nSPS) is 15.6. The van der Waals surface area contributed by atoms with Crippen molar-refractivity contribution in [3.05, 3.63) is 51.6 Å². The van der Waals surface area contributed by atoms with E-state index in [-0.39, 0.29) is 5.43 Å². The second-order valence-electron chi connectivity index (χ2n) is 5.78. The molecule has 4 rings (SSSR count). The summed E-state index contributed by atoms with van der Waals surface area (Å²) in [5.41, 5.74) is 2.16. The van der Waals surface area contributed by atoms with Crippen LogP contribution in [-0.2, 0) is 0 Å². The van der Waals surface area contributed by atoms with Gasteiger partial charge in [0.25, 0.3) is 0 Å². The Balaban J connectivity index is 1.94. The number of nitrogens with zero attached hydrogens (tertiary/aromatic N) is 1. The molecule has 1 aromatic heterocycles. The molecule has 112 valence electrons. The van der Waals surface area contributed by atoms with E-state index in [2.05, 4.69) is 4.90 Å². The molecule has 0 saturated carbocycles. The average molecular weight is 314 g/mol. The number of rotatable bonds is 1. The standard InChI is InChI=1S/C18H16ClNO2/c19-15-6-4-5-14-17(21)13-8-7-12(11-16(13)22-18(14)15)20-9-2-1-3-10-20/h4-8,11H,1-3,9-10H2. The first-order valence-corrected chi connectivity index (χ1v) is 8.02. The highest BCUT2D eigenvalue weighted by atomic mass is 35.5. The number of halogens is 1. The van der Waals surface area contributed by atoms with E-state index in [1.165, 1.54) is 19.3 Å². The minimum absolute atomic E-state index is 0.0241. The van der Waals surface area contributed by atoms with Crippen LogP contribution in [0.3, 0.4) is 0 Å². The predicted molar refractivity (Wildman–Crippen MR) is 91.1 cm³/mol. The van der Waals surface area contributed by atoms with Gasteiger partial charge >= 0.3 is 0 Å². The van der Waals surface area contributed by atoms with Gasteiger partial charge in [0, 0.05) is 24.8 Å². The Morgan fingerprint density at radius 1 is 1.00 bits per heavy atom. The minimum atomic E-state index is -0.0241. The van der Waals surface area contributed by atoms with Gasteiger partial charge in [0.1, 0.15) is 5.58 Å². The van der Waals surface area contributed by atoms with Crippen LogP contribution in [0.2, 0.25) is 5.02 Å². The van der Waals surface area contributed by atoms with Crippen molar-refractivity contribution in [3.8, 4) is 0 Å². The quantitative estimate of drug-likeness (QED) is 0.616. The molecule has 2 heterocycles. The van der Waals surface area contributed by atoms with Gasteiger partial charge in [-0.15, -0.1) is 0 Å². The Bertz CT molecular complexity index is 910. The van der Waals surface area contributed by atoms with Gasteiger partial charge in [0.05, 0.1) is 15.8 Å². The van der Waals surface area contributed by atoms with Gasteiger partial charge in [-0.1, -0.05) is 17.7 Å². The number of para-hydroxylation sites is 1. The maximum Gasteiger partial charge on any atom is 0.200 e. The summed E-state index contributed by atoms with van der Waals surface area (Å²) in [6.45, 7) is 2.12. The molecule has 1 saturated heterocycles. The van der Waals surface area contributed by atoms with Gasteiger partial charge in [0.2, 0.25) is 5.43 Å². The molecular weight excluding hydrogens is 298 g/mol. The first-order chi connectivity index (χ1) is 10.7. The van der Waals surface area contributed by atoms with Crippen LogP contribution in [0.4, 0.5) is 5.69 Å². The molecular formula is C18H16ClNO2. The smallest absolute Gasteiger partial charge is 0.200 e. The van der Waals surface area contributed by atoms with Crippen LogP contribution < -0.4 is 10.3 Å². The zero-order valence-electron chi connectivity index (χ0n) is 12.1. The maximum absolute atomic E-state index is 12.6. The zero-order chi connectivity index (χ0) is 15.1. The Labute approximate surface area is 133 Å². The molecule has 4 heteroatoms. The molecule has 3 aromatic rings. The molecule has 2 aromatic carbocycles. The molecule has 0 unspecified atom stereocenters. The van der Waals surface area contributed by atoms with Crippen molar-refractivity contribution in [2.45, 2.75) is 19.3 Å². The molecule has 0 N–H and O–H groups in total. The molecule has 1 aliphatic rings. The van der Waals surface area contributed by atoms with Gasteiger partial charge < -0.3 is 9.32 Å². The molecule has 0 bridgehead atoms. The summed E-state index contributed by atoms with van der Waals surface area (Å²) in [4.78, 5) is 14.9. The van der Waals surface area contributed by atoms with Crippen LogP contribution in [-0.4, -0.2) is 13.1 Å². The summed E-state index contributed by atoms with van der Waals surface area (Å²) in [5, 5.41) is 1.61. The summed E-state index contributed by atoms with van der Waals surface area (Å²) in [6.07, 6.45) is 3.72. The van der Waals surface area contributed by atoms with E-state index in [0.717, 1.165) is 18.8 Å². The fourth-order valence-corrected chi connectivity index (χ4v) is 3.39. The number of anilines is 1. The van der Waals surface area contributed by atoms with E-state index in [1.54, 1.807) is 18.2 Å². The lowest BCUT2D eigenvalue weighted by molar-refractivity contribution is 0.577. The molecule has 22 heavy (non-hydrogen) atoms. The third-order valence-electron chi connectivity index (χ3n) is 4.35. The molecule has 1 fully saturated rings. The number of hydrogen-bond donors (Lipinski definition) is 0. The van der Waals surface area contributed by atoms with Crippen molar-refractivity contribution in [3.63, 3.8) is 0 Å². The minimum Gasteiger partial charge on any atom is -0.454 e. The summed E-state index contributed by atoms with van der Waals surface area (Å²) in [5.74, 6) is 0. The Morgan fingerprint density at radius 3 is 2.64 bits per heavy atom. The highest BCUT2D eigenvalue weighted by Gasteiger charge is 2.14. The van der Waals surface area contributed by atoms with Gasteiger partial charge in [-0.25, -0.2) is 0 Å². The summed E-state index contributed by atoms with van der Waals surface area (Å²) >= 11 is 6.17. The summed E-state index contributed by atoms with van der Waals surface area (Å²) < 4.78 is 5.93. The monoisotopic (exact) mass is 313 g/mol. The van der Waals surface area contributed by atoms with Gasteiger partial charge in [-0.3, -0.25) is 4.79 Å². The van der Waals surface area contributed by atoms with Gasteiger partial charge in [0.15, 0.2) is 5.58 Å². The topological polar surface area (TPSA) is 33.5 Å². The largest absolute Gasteiger partial charge is 0.454 e. The second kappa shape index (κ2) is 5.33. The predicted octanol–water partition coefficient (Wildman–Crippen LogP) is 4.59. The highest BCUT2D eigenvalue weighted by molar-refractivity contribution is 6.34. The van der Waals surface area contributed by atoms with Crippen LogP contribution >= 0.6 is 11.6 Å². The number of fused-ring (bicyclic) bond motifs is 2. The van der Waals surface area contributed by atoms with Crippen molar-refractivity contribution in [2.24, 2.45) is 0 Å². The maximum atomic E-state index is 12.6. The van der Waals surface area contributed by atoms with Crippen molar-refractivity contribution in [2.75, 3.05) is 18.0 Å². The van der Waals surface area contributed by atoms with Crippen LogP contribution in [0, 0.1) is 0 Å². The van der Waals surface area contributed by atoms with Crippen molar-refractivity contribution in [1.29, 1.82) is 0 Å². The van der Waals surface area contributed by atoms with E-state index in [4.69, 9.17) is 16.0 Å². The molecule has 0 aliphatic carbocycles. The molecule has 1 aliphatic heterocycles. The SMILES string of the molecule is O=c1c2ccc(N3CCCCC3)cc2oc2c(Cl)cccc12. The van der Waals surface area contributed by atoms with Gasteiger partial charge in [-0.2, -0.15) is 0 Å². The average Bonchev–Trinajstić information content (AvgIpc) is 2.56. The van der Waals surface area contributed by atoms with Crippen LogP contribution in [0.1, 0.15) is 19.3 Å². The van der Waals surface area contributed by atoms with E-state index in [0.29, 0.717) is 27.0 Å². The lowest BCUT2D eigenvalue weighted by Gasteiger charge is -2.28. The molecule has 0 amide bonds. The van der Waals surface area contributed by atoms with Crippen LogP contribution in [0.25, 0.3) is 21.9 Å². The lowest BCUT2D eigenvalue weighted by atomic mass is 10.1. The first-order valence-electron chi connectivity index (χ1n) is 7.64. The zero-order valence-corrected chi connectivity index (χ0v) is 12.9. The van der Waals surface area contributed by atoms with Gasteiger partial charge in [-0.05, 0) is 43.5 Å². The third kappa shape index (κ3) is 2.17. The van der Waals surface area contributed by atoms with Crippen molar-refractivity contribution in [1.82, 2.24) is 0 Å². The Kier molecular flexibility index (Phi) is 3.30. The van der Waals surface area contributed by atoms with E-state index >= 15 is 0 Å². The third-order valence-corrected chi connectivity index (χ3v) is 4.65.